The number of hydrogen-bond donors (Lipinski definition) is 2. The Labute approximate surface area is 127 Å². The molecular weight excluding hydrogens is 268 g/mol. The van der Waals surface area contributed by atoms with Crippen LogP contribution in [0.1, 0.15) is 51.9 Å². The summed E-state index contributed by atoms with van der Waals surface area (Å²) >= 11 is 0. The van der Waals surface area contributed by atoms with Crippen LogP contribution in [-0.2, 0) is 9.53 Å². The van der Waals surface area contributed by atoms with E-state index in [-0.39, 0.29) is 6.10 Å². The zero-order valence-electron chi connectivity index (χ0n) is 13.2. The fourth-order valence-corrected chi connectivity index (χ4v) is 4.12. The molecule has 1 heterocycles. The number of aliphatic carboxylic acids is 1. The number of rotatable bonds is 5. The van der Waals surface area contributed by atoms with E-state index in [4.69, 9.17) is 4.74 Å². The first-order chi connectivity index (χ1) is 10.0. The van der Waals surface area contributed by atoms with Crippen LogP contribution in [0.2, 0.25) is 0 Å². The highest BCUT2D eigenvalue weighted by atomic mass is 16.5. The molecule has 0 spiro atoms. The third kappa shape index (κ3) is 3.10. The molecule has 5 heteroatoms. The second-order valence-corrected chi connectivity index (χ2v) is 7.15. The van der Waals surface area contributed by atoms with Gasteiger partial charge in [0.2, 0.25) is 0 Å². The smallest absolute Gasteiger partial charge is 0.323 e. The van der Waals surface area contributed by atoms with Gasteiger partial charge in [0, 0.05) is 24.7 Å². The van der Waals surface area contributed by atoms with Crippen LogP contribution < -0.4 is 5.32 Å². The van der Waals surface area contributed by atoms with E-state index in [0.717, 1.165) is 51.6 Å². The zero-order valence-corrected chi connectivity index (χ0v) is 13.2. The molecule has 0 bridgehead atoms. The van der Waals surface area contributed by atoms with Gasteiger partial charge in [-0.05, 0) is 58.9 Å². The molecule has 5 nitrogen and oxygen atoms in total. The molecule has 4 unspecified atom stereocenters. The Kier molecular flexibility index (Phi) is 4.26. The predicted molar refractivity (Wildman–Crippen MR) is 80.4 cm³/mol. The Morgan fingerprint density at radius 1 is 1.33 bits per heavy atom. The van der Waals surface area contributed by atoms with Crippen molar-refractivity contribution in [2.75, 3.05) is 13.7 Å². The van der Waals surface area contributed by atoms with Gasteiger partial charge in [0.05, 0.1) is 6.10 Å². The summed E-state index contributed by atoms with van der Waals surface area (Å²) < 4.78 is 5.68. The number of carboxylic acid groups (broad SMARTS) is 1. The lowest BCUT2D eigenvalue weighted by Crippen LogP contribution is -2.59. The number of nitrogens with zero attached hydrogens (tertiary/aromatic N) is 1. The highest BCUT2D eigenvalue weighted by molar-refractivity contribution is 5.79. The van der Waals surface area contributed by atoms with Crippen LogP contribution in [0.4, 0.5) is 0 Å². The van der Waals surface area contributed by atoms with Crippen LogP contribution in [0.3, 0.4) is 0 Å². The normalized spacial score (nSPS) is 40.6. The number of likely N-dealkylation sites (N-methyl/N-ethyl adjacent to an activating group) is 1. The summed E-state index contributed by atoms with van der Waals surface area (Å²) in [6, 6.07) is 1.20. The summed E-state index contributed by atoms with van der Waals surface area (Å²) in [4.78, 5) is 14.3. The van der Waals surface area contributed by atoms with Crippen molar-refractivity contribution in [3.63, 3.8) is 0 Å². The third-order valence-electron chi connectivity index (χ3n) is 5.63. The molecule has 0 radical (unpaired) electrons. The lowest BCUT2D eigenvalue weighted by Gasteiger charge is -2.44. The van der Waals surface area contributed by atoms with Crippen LogP contribution in [-0.4, -0.2) is 59.4 Å². The maximum Gasteiger partial charge on any atom is 0.323 e. The lowest BCUT2D eigenvalue weighted by atomic mass is 9.77. The van der Waals surface area contributed by atoms with Crippen molar-refractivity contribution in [2.45, 2.75) is 81.6 Å². The molecule has 2 aliphatic carbocycles. The molecule has 0 aromatic heterocycles. The first-order valence-electron chi connectivity index (χ1n) is 8.36. The fourth-order valence-electron chi connectivity index (χ4n) is 4.12. The van der Waals surface area contributed by atoms with E-state index in [0.29, 0.717) is 18.1 Å². The second kappa shape index (κ2) is 5.86. The van der Waals surface area contributed by atoms with E-state index in [9.17, 15) is 9.90 Å². The van der Waals surface area contributed by atoms with Gasteiger partial charge in [-0.15, -0.1) is 0 Å². The van der Waals surface area contributed by atoms with Crippen molar-refractivity contribution in [3.8, 4) is 0 Å². The van der Waals surface area contributed by atoms with E-state index in [2.05, 4.69) is 24.2 Å². The van der Waals surface area contributed by atoms with Crippen LogP contribution in [0.15, 0.2) is 0 Å². The third-order valence-corrected chi connectivity index (χ3v) is 5.63. The molecule has 120 valence electrons. The van der Waals surface area contributed by atoms with Gasteiger partial charge in [-0.1, -0.05) is 0 Å². The average molecular weight is 296 g/mol. The molecular formula is C16H28N2O3. The Balaban J connectivity index is 1.69. The highest BCUT2D eigenvalue weighted by Crippen LogP contribution is 2.36. The summed E-state index contributed by atoms with van der Waals surface area (Å²) in [7, 11) is 2.15. The average Bonchev–Trinajstić information content (AvgIpc) is 3.16. The number of carbonyl (C=O) groups is 1. The van der Waals surface area contributed by atoms with Crippen molar-refractivity contribution >= 4 is 5.97 Å². The van der Waals surface area contributed by atoms with E-state index in [1.165, 1.54) is 0 Å². The molecule has 0 amide bonds. The topological polar surface area (TPSA) is 61.8 Å². The summed E-state index contributed by atoms with van der Waals surface area (Å²) in [5.74, 6) is -0.664. The van der Waals surface area contributed by atoms with Crippen molar-refractivity contribution in [1.82, 2.24) is 10.2 Å². The maximum absolute atomic E-state index is 11.9. The Morgan fingerprint density at radius 2 is 2.10 bits per heavy atom. The van der Waals surface area contributed by atoms with Crippen molar-refractivity contribution in [1.29, 1.82) is 0 Å². The minimum atomic E-state index is -0.707. The SMILES string of the molecule is CC1OCCC1N(C)C1CCCC(NC2CC2)(C(=O)O)C1. The molecule has 0 aromatic rings. The Morgan fingerprint density at radius 3 is 2.67 bits per heavy atom. The summed E-state index contributed by atoms with van der Waals surface area (Å²) in [6.45, 7) is 2.96. The van der Waals surface area contributed by atoms with Gasteiger partial charge >= 0.3 is 5.97 Å². The second-order valence-electron chi connectivity index (χ2n) is 7.15. The van der Waals surface area contributed by atoms with Gasteiger partial charge in [0.15, 0.2) is 0 Å². The predicted octanol–water partition coefficient (Wildman–Crippen LogP) is 1.61. The van der Waals surface area contributed by atoms with Crippen molar-refractivity contribution in [2.24, 2.45) is 0 Å². The van der Waals surface area contributed by atoms with E-state index < -0.39 is 11.5 Å². The van der Waals surface area contributed by atoms with E-state index >= 15 is 0 Å². The number of hydrogen-bond acceptors (Lipinski definition) is 4. The van der Waals surface area contributed by atoms with Crippen LogP contribution in [0.25, 0.3) is 0 Å². The molecule has 3 rings (SSSR count). The van der Waals surface area contributed by atoms with Gasteiger partial charge in [-0.3, -0.25) is 15.0 Å². The minimum Gasteiger partial charge on any atom is -0.480 e. The molecule has 2 N–H and O–H groups in total. The molecule has 2 saturated carbocycles. The zero-order chi connectivity index (χ0) is 15.0. The summed E-state index contributed by atoms with van der Waals surface area (Å²) in [5.41, 5.74) is -0.707. The maximum atomic E-state index is 11.9. The monoisotopic (exact) mass is 296 g/mol. The largest absolute Gasteiger partial charge is 0.480 e. The fraction of sp³-hybridized carbons (Fsp3) is 0.938. The number of ether oxygens (including phenoxy) is 1. The van der Waals surface area contributed by atoms with E-state index in [1.54, 1.807) is 0 Å². The van der Waals surface area contributed by atoms with Gasteiger partial charge in [0.25, 0.3) is 0 Å². The number of carboxylic acids is 1. The molecule has 0 aromatic carbocycles. The molecule has 4 atom stereocenters. The minimum absolute atomic E-state index is 0.257. The first-order valence-corrected chi connectivity index (χ1v) is 8.36. The number of nitrogens with one attached hydrogen (secondary N) is 1. The van der Waals surface area contributed by atoms with Crippen LogP contribution in [0.5, 0.6) is 0 Å². The Bertz CT molecular complexity index is 399. The summed E-state index contributed by atoms with van der Waals surface area (Å²) in [6.07, 6.45) is 7.14. The Hall–Kier alpha value is -0.650. The molecule has 3 aliphatic rings. The van der Waals surface area contributed by atoms with Crippen LogP contribution >= 0.6 is 0 Å². The molecule has 21 heavy (non-hydrogen) atoms. The van der Waals surface area contributed by atoms with E-state index in [1.807, 2.05) is 0 Å². The van der Waals surface area contributed by atoms with Gasteiger partial charge in [-0.25, -0.2) is 0 Å². The first kappa shape index (κ1) is 15.3. The van der Waals surface area contributed by atoms with Gasteiger partial charge in [0.1, 0.15) is 5.54 Å². The standard InChI is InChI=1S/C16H28N2O3/c1-11-14(7-9-21-11)18(2)13-4-3-8-16(10-13,15(19)20)17-12-5-6-12/h11-14,17H,3-10H2,1-2H3,(H,19,20). The van der Waals surface area contributed by atoms with Gasteiger partial charge < -0.3 is 9.84 Å². The van der Waals surface area contributed by atoms with Crippen molar-refractivity contribution < 1.29 is 14.6 Å². The van der Waals surface area contributed by atoms with Gasteiger partial charge in [-0.2, -0.15) is 0 Å². The summed E-state index contributed by atoms with van der Waals surface area (Å²) in [5, 5.41) is 13.2. The van der Waals surface area contributed by atoms with Crippen molar-refractivity contribution in [3.05, 3.63) is 0 Å². The lowest BCUT2D eigenvalue weighted by molar-refractivity contribution is -0.147. The molecule has 3 fully saturated rings. The van der Waals surface area contributed by atoms with Crippen LogP contribution in [0, 0.1) is 0 Å². The highest BCUT2D eigenvalue weighted by Gasteiger charge is 2.47. The quantitative estimate of drug-likeness (QED) is 0.807. The molecule has 1 saturated heterocycles. The molecule has 1 aliphatic heterocycles.